The molecule has 20 heavy (non-hydrogen) atoms. The Morgan fingerprint density at radius 3 is 2.60 bits per heavy atom. The molecule has 0 aliphatic rings. The van der Waals surface area contributed by atoms with Crippen molar-refractivity contribution in [1.29, 1.82) is 5.26 Å². The number of ether oxygens (including phenoxy) is 2. The Kier molecular flexibility index (Phi) is 5.54. The quantitative estimate of drug-likeness (QED) is 0.666. The largest absolute Gasteiger partial charge is 0.495 e. The van der Waals surface area contributed by atoms with E-state index in [9.17, 15) is 4.79 Å². The summed E-state index contributed by atoms with van der Waals surface area (Å²) in [5, 5.41) is 13.5. The molecule has 0 heterocycles. The molecule has 1 amide bonds. The van der Waals surface area contributed by atoms with E-state index in [1.165, 1.54) is 13.2 Å². The van der Waals surface area contributed by atoms with E-state index in [2.05, 4.69) is 5.32 Å². The molecular weight excluding hydrogens is 300 g/mol. The zero-order chi connectivity index (χ0) is 15.3. The lowest BCUT2D eigenvalue weighted by atomic mass is 10.2. The van der Waals surface area contributed by atoms with Gasteiger partial charge in [0.1, 0.15) is 16.8 Å². The fourth-order valence-corrected chi connectivity index (χ4v) is 2.04. The van der Waals surface area contributed by atoms with Gasteiger partial charge in [-0.25, -0.2) is 4.79 Å². The minimum atomic E-state index is -0.604. The highest BCUT2D eigenvalue weighted by atomic mass is 35.5. The Balaban J connectivity index is 2.98. The number of benzene rings is 1. The first-order valence-corrected chi connectivity index (χ1v) is 6.89. The van der Waals surface area contributed by atoms with E-state index in [0.29, 0.717) is 21.4 Å². The molecule has 0 radical (unpaired) electrons. The number of methoxy groups -OCH3 is 1. The maximum atomic E-state index is 11.7. The van der Waals surface area contributed by atoms with Gasteiger partial charge in [-0.3, -0.25) is 5.32 Å². The van der Waals surface area contributed by atoms with Crippen molar-refractivity contribution < 1.29 is 14.3 Å². The minimum Gasteiger partial charge on any atom is -0.495 e. The molecule has 0 aliphatic heterocycles. The van der Waals surface area contributed by atoms with E-state index >= 15 is 0 Å². The van der Waals surface area contributed by atoms with Crippen LogP contribution in [0.2, 0.25) is 5.02 Å². The number of carbonyl (C=O) groups excluding carboxylic acids is 1. The van der Waals surface area contributed by atoms with Crippen LogP contribution in [0, 0.1) is 10.7 Å². The SMILES string of the molecule is COc1cc(SC#N)c(Cl)cc1NC(=O)OC(C)(C)C. The van der Waals surface area contributed by atoms with Gasteiger partial charge in [0, 0.05) is 4.90 Å². The molecular formula is C13H15ClN2O3S. The van der Waals surface area contributed by atoms with E-state index in [1.807, 2.05) is 5.40 Å². The summed E-state index contributed by atoms with van der Waals surface area (Å²) < 4.78 is 10.3. The Morgan fingerprint density at radius 1 is 1.45 bits per heavy atom. The highest BCUT2D eigenvalue weighted by Crippen LogP contribution is 2.36. The van der Waals surface area contributed by atoms with Crippen molar-refractivity contribution in [3.05, 3.63) is 17.2 Å². The van der Waals surface area contributed by atoms with Crippen LogP contribution in [0.3, 0.4) is 0 Å². The number of anilines is 1. The summed E-state index contributed by atoms with van der Waals surface area (Å²) in [6, 6.07) is 3.10. The zero-order valence-electron chi connectivity index (χ0n) is 11.6. The molecule has 1 rings (SSSR count). The fraction of sp³-hybridized carbons (Fsp3) is 0.385. The van der Waals surface area contributed by atoms with Crippen LogP contribution in [-0.4, -0.2) is 18.8 Å². The van der Waals surface area contributed by atoms with Crippen molar-refractivity contribution >= 4 is 35.1 Å². The van der Waals surface area contributed by atoms with Gasteiger partial charge in [-0.1, -0.05) is 11.6 Å². The number of nitriles is 1. The highest BCUT2D eigenvalue weighted by molar-refractivity contribution is 8.03. The van der Waals surface area contributed by atoms with Crippen molar-refractivity contribution in [3.8, 4) is 11.2 Å². The second kappa shape index (κ2) is 6.73. The summed E-state index contributed by atoms with van der Waals surface area (Å²) in [5.41, 5.74) is -0.216. The van der Waals surface area contributed by atoms with Crippen LogP contribution in [0.4, 0.5) is 10.5 Å². The summed E-state index contributed by atoms with van der Waals surface area (Å²) >= 11 is 6.95. The van der Waals surface area contributed by atoms with Gasteiger partial charge in [-0.15, -0.1) is 0 Å². The molecule has 0 saturated heterocycles. The smallest absolute Gasteiger partial charge is 0.412 e. The highest BCUT2D eigenvalue weighted by Gasteiger charge is 2.18. The van der Waals surface area contributed by atoms with Gasteiger partial charge in [0.05, 0.1) is 17.8 Å². The van der Waals surface area contributed by atoms with Gasteiger partial charge >= 0.3 is 6.09 Å². The van der Waals surface area contributed by atoms with Gasteiger partial charge in [-0.05, 0) is 44.7 Å². The van der Waals surface area contributed by atoms with Crippen LogP contribution in [0.5, 0.6) is 5.75 Å². The number of amides is 1. The summed E-state index contributed by atoms with van der Waals surface area (Å²) in [4.78, 5) is 12.3. The molecule has 0 fully saturated rings. The molecule has 0 aromatic heterocycles. The molecule has 0 saturated carbocycles. The lowest BCUT2D eigenvalue weighted by molar-refractivity contribution is 0.0635. The Labute approximate surface area is 127 Å². The average Bonchev–Trinajstić information content (AvgIpc) is 2.30. The number of rotatable bonds is 3. The van der Waals surface area contributed by atoms with Crippen LogP contribution < -0.4 is 10.1 Å². The predicted molar refractivity (Wildman–Crippen MR) is 79.3 cm³/mol. The van der Waals surface area contributed by atoms with Crippen LogP contribution >= 0.6 is 23.4 Å². The molecule has 0 atom stereocenters. The Bertz CT molecular complexity index is 550. The zero-order valence-corrected chi connectivity index (χ0v) is 13.2. The number of hydrogen-bond donors (Lipinski definition) is 1. The molecule has 1 N–H and O–H groups in total. The summed E-state index contributed by atoms with van der Waals surface area (Å²) in [7, 11) is 1.46. The average molecular weight is 315 g/mol. The molecule has 0 spiro atoms. The second-order valence-corrected chi connectivity index (χ2v) is 6.04. The fourth-order valence-electron chi connectivity index (χ4n) is 1.34. The van der Waals surface area contributed by atoms with E-state index in [-0.39, 0.29) is 0 Å². The monoisotopic (exact) mass is 314 g/mol. The number of carbonyl (C=O) groups is 1. The first-order chi connectivity index (χ1) is 9.26. The maximum absolute atomic E-state index is 11.7. The standard InChI is InChI=1S/C13H15ClN2O3S/c1-13(2,3)19-12(17)16-9-5-8(14)11(20-7-15)6-10(9)18-4/h5-6H,1-4H3,(H,16,17). The third-order valence-corrected chi connectivity index (χ3v) is 3.12. The Hall–Kier alpha value is -1.58. The van der Waals surface area contributed by atoms with Crippen LogP contribution in [0.25, 0.3) is 0 Å². The molecule has 5 nitrogen and oxygen atoms in total. The normalized spacial score (nSPS) is 10.6. The first kappa shape index (κ1) is 16.5. The van der Waals surface area contributed by atoms with E-state index in [1.54, 1.807) is 26.8 Å². The molecule has 0 aliphatic carbocycles. The van der Waals surface area contributed by atoms with Gasteiger partial charge in [0.15, 0.2) is 0 Å². The third kappa shape index (κ3) is 4.83. The van der Waals surface area contributed by atoms with Gasteiger partial charge in [0.25, 0.3) is 0 Å². The number of halogens is 1. The number of hydrogen-bond acceptors (Lipinski definition) is 5. The number of nitrogens with zero attached hydrogens (tertiary/aromatic N) is 1. The number of nitrogens with one attached hydrogen (secondary N) is 1. The van der Waals surface area contributed by atoms with Gasteiger partial charge in [-0.2, -0.15) is 5.26 Å². The van der Waals surface area contributed by atoms with Crippen LogP contribution in [-0.2, 0) is 4.74 Å². The topological polar surface area (TPSA) is 71.3 Å². The number of thiocyanates is 1. The van der Waals surface area contributed by atoms with Crippen LogP contribution in [0.15, 0.2) is 17.0 Å². The Morgan fingerprint density at radius 2 is 2.10 bits per heavy atom. The van der Waals surface area contributed by atoms with Gasteiger partial charge in [0.2, 0.25) is 0 Å². The van der Waals surface area contributed by atoms with Gasteiger partial charge < -0.3 is 9.47 Å². The second-order valence-electron chi connectivity index (χ2n) is 4.80. The lowest BCUT2D eigenvalue weighted by Gasteiger charge is -2.20. The van der Waals surface area contributed by atoms with Crippen molar-refractivity contribution in [2.75, 3.05) is 12.4 Å². The van der Waals surface area contributed by atoms with E-state index in [0.717, 1.165) is 11.8 Å². The molecule has 108 valence electrons. The maximum Gasteiger partial charge on any atom is 0.412 e. The number of thioether (sulfide) groups is 1. The van der Waals surface area contributed by atoms with E-state index in [4.69, 9.17) is 26.3 Å². The molecule has 1 aromatic carbocycles. The third-order valence-electron chi connectivity index (χ3n) is 2.05. The summed E-state index contributed by atoms with van der Waals surface area (Å²) in [6.45, 7) is 5.30. The molecule has 1 aromatic rings. The first-order valence-electron chi connectivity index (χ1n) is 5.70. The van der Waals surface area contributed by atoms with Crippen molar-refractivity contribution in [2.24, 2.45) is 0 Å². The molecule has 0 bridgehead atoms. The van der Waals surface area contributed by atoms with Crippen molar-refractivity contribution in [3.63, 3.8) is 0 Å². The van der Waals surface area contributed by atoms with Crippen molar-refractivity contribution in [2.45, 2.75) is 31.3 Å². The summed E-state index contributed by atoms with van der Waals surface area (Å²) in [5.74, 6) is 0.401. The van der Waals surface area contributed by atoms with Crippen LogP contribution in [0.1, 0.15) is 20.8 Å². The predicted octanol–water partition coefficient (Wildman–Crippen LogP) is 4.27. The minimum absolute atomic E-state index is 0.350. The molecule has 0 unspecified atom stereocenters. The van der Waals surface area contributed by atoms with E-state index < -0.39 is 11.7 Å². The van der Waals surface area contributed by atoms with Crippen molar-refractivity contribution in [1.82, 2.24) is 0 Å². The lowest BCUT2D eigenvalue weighted by Crippen LogP contribution is -2.27. The molecule has 7 heteroatoms. The summed E-state index contributed by atoms with van der Waals surface area (Å²) in [6.07, 6.45) is -0.604.